The molecular formula is C21H20FN5O2. The van der Waals surface area contributed by atoms with E-state index in [1.54, 1.807) is 46.9 Å². The predicted molar refractivity (Wildman–Crippen MR) is 102 cm³/mol. The molecule has 0 saturated carbocycles. The molecule has 7 nitrogen and oxygen atoms in total. The number of hydrogen-bond acceptors (Lipinski definition) is 4. The highest BCUT2D eigenvalue weighted by molar-refractivity contribution is 5.93. The number of aromatic nitrogens is 3. The van der Waals surface area contributed by atoms with E-state index in [4.69, 9.17) is 0 Å². The summed E-state index contributed by atoms with van der Waals surface area (Å²) in [4.78, 5) is 33.2. The molecule has 0 N–H and O–H groups in total. The molecular weight excluding hydrogens is 373 g/mol. The smallest absolute Gasteiger partial charge is 0.274 e. The molecule has 3 aromatic rings. The maximum absolute atomic E-state index is 13.8. The summed E-state index contributed by atoms with van der Waals surface area (Å²) >= 11 is 0. The predicted octanol–water partition coefficient (Wildman–Crippen LogP) is 2.16. The molecule has 8 heteroatoms. The fourth-order valence-electron chi connectivity index (χ4n) is 4.79. The molecule has 0 unspecified atom stereocenters. The van der Waals surface area contributed by atoms with Crippen LogP contribution in [-0.2, 0) is 4.79 Å². The van der Waals surface area contributed by atoms with Crippen molar-refractivity contribution in [3.8, 4) is 0 Å². The van der Waals surface area contributed by atoms with E-state index in [2.05, 4.69) is 10.1 Å². The van der Waals surface area contributed by atoms with Crippen LogP contribution in [0.4, 0.5) is 4.39 Å². The SMILES string of the molecule is CC(=O)N1C[C@H]2CN(C(=O)c3cnc4cccnn34)C[C@H]2[C@H]1c1cccc(F)c1. The minimum Gasteiger partial charge on any atom is -0.337 e. The molecule has 3 atom stereocenters. The Kier molecular flexibility index (Phi) is 4.08. The molecule has 2 aliphatic heterocycles. The molecule has 2 fully saturated rings. The van der Waals surface area contributed by atoms with Crippen molar-refractivity contribution in [3.63, 3.8) is 0 Å². The van der Waals surface area contributed by atoms with Crippen molar-refractivity contribution < 1.29 is 14.0 Å². The van der Waals surface area contributed by atoms with E-state index in [1.807, 2.05) is 11.0 Å². The van der Waals surface area contributed by atoms with Crippen molar-refractivity contribution in [3.05, 3.63) is 65.9 Å². The molecule has 2 amide bonds. The van der Waals surface area contributed by atoms with Gasteiger partial charge >= 0.3 is 0 Å². The van der Waals surface area contributed by atoms with Gasteiger partial charge in [-0.3, -0.25) is 9.59 Å². The summed E-state index contributed by atoms with van der Waals surface area (Å²) in [7, 11) is 0. The number of halogens is 1. The van der Waals surface area contributed by atoms with Crippen LogP contribution in [0.1, 0.15) is 29.0 Å². The first kappa shape index (κ1) is 17.8. The Bertz CT molecular complexity index is 1110. The van der Waals surface area contributed by atoms with E-state index in [0.29, 0.717) is 31.0 Å². The van der Waals surface area contributed by atoms with Crippen molar-refractivity contribution in [2.45, 2.75) is 13.0 Å². The lowest BCUT2D eigenvalue weighted by molar-refractivity contribution is -0.130. The van der Waals surface area contributed by atoms with E-state index >= 15 is 0 Å². The third-order valence-corrected chi connectivity index (χ3v) is 6.04. The molecule has 2 aromatic heterocycles. The highest BCUT2D eigenvalue weighted by Crippen LogP contribution is 2.45. The van der Waals surface area contributed by atoms with Crippen molar-refractivity contribution >= 4 is 17.5 Å². The molecule has 148 valence electrons. The zero-order valence-corrected chi connectivity index (χ0v) is 15.9. The maximum atomic E-state index is 13.8. The number of hydrogen-bond donors (Lipinski definition) is 0. The number of likely N-dealkylation sites (tertiary alicyclic amines) is 2. The van der Waals surface area contributed by atoms with Crippen LogP contribution in [-0.4, -0.2) is 55.8 Å². The molecule has 1 aromatic carbocycles. The Morgan fingerprint density at radius 2 is 2.00 bits per heavy atom. The van der Waals surface area contributed by atoms with Crippen molar-refractivity contribution in [1.29, 1.82) is 0 Å². The normalized spacial score (nSPS) is 23.6. The van der Waals surface area contributed by atoms with E-state index in [0.717, 1.165) is 5.56 Å². The van der Waals surface area contributed by atoms with Gasteiger partial charge in [0.25, 0.3) is 5.91 Å². The van der Waals surface area contributed by atoms with Crippen LogP contribution in [0.15, 0.2) is 48.8 Å². The lowest BCUT2D eigenvalue weighted by Gasteiger charge is -2.29. The highest BCUT2D eigenvalue weighted by Gasteiger charge is 2.49. The van der Waals surface area contributed by atoms with Gasteiger partial charge in [0.15, 0.2) is 11.3 Å². The zero-order chi connectivity index (χ0) is 20.1. The average Bonchev–Trinajstić information content (AvgIpc) is 3.39. The quantitative estimate of drug-likeness (QED) is 0.669. The fraction of sp³-hybridized carbons (Fsp3) is 0.333. The van der Waals surface area contributed by atoms with E-state index in [-0.39, 0.29) is 35.5 Å². The zero-order valence-electron chi connectivity index (χ0n) is 15.9. The number of carbonyl (C=O) groups is 2. The highest BCUT2D eigenvalue weighted by atomic mass is 19.1. The van der Waals surface area contributed by atoms with E-state index < -0.39 is 0 Å². The van der Waals surface area contributed by atoms with Crippen molar-refractivity contribution in [1.82, 2.24) is 24.4 Å². The first-order chi connectivity index (χ1) is 14.0. The average molecular weight is 393 g/mol. The summed E-state index contributed by atoms with van der Waals surface area (Å²) in [6, 6.07) is 9.75. The second kappa shape index (κ2) is 6.65. The van der Waals surface area contributed by atoms with Gasteiger partial charge in [-0.2, -0.15) is 5.10 Å². The summed E-state index contributed by atoms with van der Waals surface area (Å²) in [6.07, 6.45) is 3.17. The van der Waals surface area contributed by atoms with Crippen LogP contribution >= 0.6 is 0 Å². The summed E-state index contributed by atoms with van der Waals surface area (Å²) < 4.78 is 15.4. The number of fused-ring (bicyclic) bond motifs is 2. The Morgan fingerprint density at radius 3 is 2.79 bits per heavy atom. The van der Waals surface area contributed by atoms with E-state index in [1.165, 1.54) is 12.1 Å². The number of imidazole rings is 1. The summed E-state index contributed by atoms with van der Waals surface area (Å²) in [6.45, 7) is 3.17. The molecule has 5 rings (SSSR count). The van der Waals surface area contributed by atoms with E-state index in [9.17, 15) is 14.0 Å². The number of benzene rings is 1. The Labute approximate surface area is 166 Å². The Morgan fingerprint density at radius 1 is 1.14 bits per heavy atom. The third-order valence-electron chi connectivity index (χ3n) is 6.04. The van der Waals surface area contributed by atoms with Gasteiger partial charge < -0.3 is 9.80 Å². The second-order valence-corrected chi connectivity index (χ2v) is 7.74. The van der Waals surface area contributed by atoms with Gasteiger partial charge in [0.2, 0.25) is 5.91 Å². The number of nitrogens with zero attached hydrogens (tertiary/aromatic N) is 5. The maximum Gasteiger partial charge on any atom is 0.274 e. The largest absolute Gasteiger partial charge is 0.337 e. The van der Waals surface area contributed by atoms with Gasteiger partial charge in [0, 0.05) is 44.6 Å². The number of rotatable bonds is 2. The topological polar surface area (TPSA) is 70.8 Å². The molecule has 0 aliphatic carbocycles. The van der Waals surface area contributed by atoms with Crippen LogP contribution in [0, 0.1) is 17.7 Å². The standard InChI is InChI=1S/C21H20FN5O2/c1-13(28)26-11-15-10-25(12-17(15)20(26)14-4-2-5-16(22)8-14)21(29)18-9-23-19-6-3-7-24-27(18)19/h2-9,15,17,20H,10-12H2,1H3/t15-,17-,20-/m1/s1. The molecule has 29 heavy (non-hydrogen) atoms. The Balaban J connectivity index is 1.44. The van der Waals surface area contributed by atoms with Gasteiger partial charge in [0.1, 0.15) is 5.82 Å². The molecule has 0 bridgehead atoms. The van der Waals surface area contributed by atoms with Gasteiger partial charge in [0.05, 0.1) is 12.2 Å². The minimum atomic E-state index is -0.322. The van der Waals surface area contributed by atoms with Gasteiger partial charge in [-0.25, -0.2) is 13.9 Å². The number of amides is 2. The fourth-order valence-corrected chi connectivity index (χ4v) is 4.79. The van der Waals surface area contributed by atoms with Gasteiger partial charge in [-0.15, -0.1) is 0 Å². The lowest BCUT2D eigenvalue weighted by atomic mass is 9.89. The monoisotopic (exact) mass is 393 g/mol. The Hall–Kier alpha value is -3.29. The molecule has 4 heterocycles. The molecule has 2 aliphatic rings. The minimum absolute atomic E-state index is 0.0301. The van der Waals surface area contributed by atoms with Crippen LogP contribution in [0.25, 0.3) is 5.65 Å². The van der Waals surface area contributed by atoms with Crippen molar-refractivity contribution in [2.75, 3.05) is 19.6 Å². The number of carbonyl (C=O) groups excluding carboxylic acids is 2. The van der Waals surface area contributed by atoms with Crippen LogP contribution in [0.3, 0.4) is 0 Å². The summed E-state index contributed by atoms with van der Waals surface area (Å²) in [5.74, 6) is -0.257. The van der Waals surface area contributed by atoms with Crippen LogP contribution in [0.2, 0.25) is 0 Å². The summed E-state index contributed by atoms with van der Waals surface area (Å²) in [5.41, 5.74) is 1.82. The molecule has 0 spiro atoms. The summed E-state index contributed by atoms with van der Waals surface area (Å²) in [5, 5.41) is 4.23. The van der Waals surface area contributed by atoms with Crippen molar-refractivity contribution in [2.24, 2.45) is 11.8 Å². The first-order valence-electron chi connectivity index (χ1n) is 9.63. The first-order valence-corrected chi connectivity index (χ1v) is 9.63. The van der Waals surface area contributed by atoms with Gasteiger partial charge in [-0.05, 0) is 29.8 Å². The molecule has 2 saturated heterocycles. The van der Waals surface area contributed by atoms with Crippen LogP contribution < -0.4 is 0 Å². The third kappa shape index (κ3) is 2.86. The molecule has 0 radical (unpaired) electrons. The van der Waals surface area contributed by atoms with Crippen LogP contribution in [0.5, 0.6) is 0 Å². The van der Waals surface area contributed by atoms with Gasteiger partial charge in [-0.1, -0.05) is 12.1 Å². The second-order valence-electron chi connectivity index (χ2n) is 7.74. The lowest BCUT2D eigenvalue weighted by Crippen LogP contribution is -2.37.